The second-order valence-electron chi connectivity index (χ2n) is 12.8. The first-order chi connectivity index (χ1) is 23.3. The molecule has 3 aromatic carbocycles. The number of hydrogen-bond donors (Lipinski definition) is 1. The summed E-state index contributed by atoms with van der Waals surface area (Å²) in [6.45, 7) is 0. The van der Waals surface area contributed by atoms with E-state index in [1.54, 1.807) is 30.3 Å². The van der Waals surface area contributed by atoms with Crippen LogP contribution in [0.4, 0.5) is 27.1 Å². The second kappa shape index (κ2) is 12.0. The summed E-state index contributed by atoms with van der Waals surface area (Å²) < 4.78 is 14.8. The highest BCUT2D eigenvalue weighted by Gasteiger charge is 2.76. The number of alkyl halides is 3. The lowest BCUT2D eigenvalue weighted by atomic mass is 9.56. The van der Waals surface area contributed by atoms with Crippen LogP contribution in [0.15, 0.2) is 88.6 Å². The number of phenols is 1. The number of carbonyl (C=O) groups is 4. The minimum absolute atomic E-state index is 0.153. The van der Waals surface area contributed by atoms with Crippen LogP contribution in [0.25, 0.3) is 0 Å². The highest BCUT2D eigenvalue weighted by molar-refractivity contribution is 9.09. The van der Waals surface area contributed by atoms with Gasteiger partial charge in [0.1, 0.15) is 0 Å². The number of benzene rings is 3. The zero-order valence-electron chi connectivity index (χ0n) is 26.2. The molecule has 6 unspecified atom stereocenters. The molecular weight excluding hydrogens is 740 g/mol. The Bertz CT molecular complexity index is 1980. The molecule has 14 heteroatoms. The first-order valence-corrected chi connectivity index (χ1v) is 17.3. The summed E-state index contributed by atoms with van der Waals surface area (Å²) in [6.07, 6.45) is 1.72. The molecule has 2 heterocycles. The third-order valence-electron chi connectivity index (χ3n) is 10.1. The maximum atomic E-state index is 14.8. The van der Waals surface area contributed by atoms with Crippen molar-refractivity contribution in [2.45, 2.75) is 28.5 Å². The molecule has 1 N–H and O–H groups in total. The van der Waals surface area contributed by atoms with E-state index in [2.05, 4.69) is 26.2 Å². The average Bonchev–Trinajstić information content (AvgIpc) is 3.42. The van der Waals surface area contributed by atoms with Crippen molar-refractivity contribution >= 4 is 85.5 Å². The van der Waals surface area contributed by atoms with Crippen molar-refractivity contribution in [1.29, 1.82) is 0 Å². The van der Waals surface area contributed by atoms with Crippen molar-refractivity contribution in [1.82, 2.24) is 4.90 Å². The van der Waals surface area contributed by atoms with Gasteiger partial charge in [0.15, 0.2) is 21.3 Å². The van der Waals surface area contributed by atoms with Gasteiger partial charge in [-0.3, -0.25) is 29.0 Å². The molecule has 4 aliphatic rings. The molecule has 252 valence electrons. The fourth-order valence-corrected chi connectivity index (χ4v) is 9.11. The van der Waals surface area contributed by atoms with Crippen molar-refractivity contribution < 1.29 is 28.7 Å². The number of fused-ring (bicyclic) bond motifs is 4. The summed E-state index contributed by atoms with van der Waals surface area (Å²) in [7, 11) is 3.89. The van der Waals surface area contributed by atoms with Crippen LogP contribution in [0, 0.1) is 23.6 Å². The number of aromatic hydroxyl groups is 1. The van der Waals surface area contributed by atoms with Crippen molar-refractivity contribution in [3.05, 3.63) is 89.8 Å². The van der Waals surface area contributed by atoms with Crippen molar-refractivity contribution in [2.75, 3.05) is 29.3 Å². The number of rotatable bonds is 6. The number of carbonyl (C=O) groups excluding carboxylic acids is 4. The number of halogens is 4. The molecule has 7 rings (SSSR count). The molecule has 1 saturated carbocycles. The summed E-state index contributed by atoms with van der Waals surface area (Å²) in [5, 5.41) is 18.5. The third-order valence-corrected chi connectivity index (χ3v) is 12.0. The molecule has 10 nitrogen and oxygen atoms in total. The molecule has 2 saturated heterocycles. The molecular formula is C35H29BrCl2FN5O5. The molecule has 3 aromatic rings. The highest BCUT2D eigenvalue weighted by atomic mass is 79.9. The lowest BCUT2D eigenvalue weighted by molar-refractivity contribution is -0.138. The standard InChI is InChI=1S/C35H29BrCl2FN5O5/c1-42(2)21-8-4-19(5-9-21)40-41-20-6-10-22(11-7-20)44-30(46)24-13-12-23-25(28(24)31(44)47)16-34(37)32(48)43(17-36)33(49)35(34,38)29(23)18-3-14-27(45)26(39)15-18/h3-12,14-15,24-25,28-29,45H,13,16-17H2,1-2H3. The topological polar surface area (TPSA) is 123 Å². The molecule has 0 bridgehead atoms. The van der Waals surface area contributed by atoms with Gasteiger partial charge in [0.2, 0.25) is 11.8 Å². The first kappa shape index (κ1) is 33.4. The molecule has 3 fully saturated rings. The Labute approximate surface area is 299 Å². The molecule has 49 heavy (non-hydrogen) atoms. The number of amides is 4. The van der Waals surface area contributed by atoms with Crippen molar-refractivity contribution in [3.63, 3.8) is 0 Å². The maximum Gasteiger partial charge on any atom is 0.254 e. The number of hydrogen-bond acceptors (Lipinski definition) is 8. The Hall–Kier alpha value is -4.13. The second-order valence-corrected chi connectivity index (χ2v) is 14.6. The van der Waals surface area contributed by atoms with Gasteiger partial charge in [0.25, 0.3) is 11.8 Å². The zero-order valence-corrected chi connectivity index (χ0v) is 29.3. The van der Waals surface area contributed by atoms with Crippen LogP contribution < -0.4 is 9.80 Å². The summed E-state index contributed by atoms with van der Waals surface area (Å²) in [4.78, 5) is 55.7. The summed E-state index contributed by atoms with van der Waals surface area (Å²) in [5.41, 5.74) is 3.09. The Balaban J connectivity index is 1.22. The predicted octanol–water partition coefficient (Wildman–Crippen LogP) is 6.93. The quantitative estimate of drug-likeness (QED) is 0.0955. The van der Waals surface area contributed by atoms with Crippen LogP contribution in [0.2, 0.25) is 0 Å². The molecule has 4 amide bonds. The van der Waals surface area contributed by atoms with E-state index in [9.17, 15) is 28.7 Å². The van der Waals surface area contributed by atoms with Gasteiger partial charge in [-0.1, -0.05) is 33.6 Å². The normalized spacial score (nSPS) is 29.3. The number of phenolic OH excluding ortho intramolecular Hbond substituents is 1. The number of azo groups is 1. The SMILES string of the molecule is CN(C)c1ccc(N=Nc2ccc(N3C(=O)C4CC=C5C(CC6(Cl)C(=O)N(CBr)C(=O)C6(Cl)C5c5ccc(O)c(F)c5)C4C3=O)cc2)cc1. The number of anilines is 2. The number of likely N-dealkylation sites (tertiary alicyclic amines) is 1. The van der Waals surface area contributed by atoms with E-state index in [0.717, 1.165) is 27.6 Å². The highest BCUT2D eigenvalue weighted by Crippen LogP contribution is 2.65. The van der Waals surface area contributed by atoms with Crippen LogP contribution in [0.1, 0.15) is 24.3 Å². The van der Waals surface area contributed by atoms with E-state index in [0.29, 0.717) is 22.6 Å². The van der Waals surface area contributed by atoms with E-state index in [1.807, 2.05) is 43.3 Å². The Morgan fingerprint density at radius 1 is 0.918 bits per heavy atom. The van der Waals surface area contributed by atoms with Crippen LogP contribution in [-0.2, 0) is 19.2 Å². The molecule has 2 aliphatic heterocycles. The van der Waals surface area contributed by atoms with Gasteiger partial charge >= 0.3 is 0 Å². The van der Waals surface area contributed by atoms with Gasteiger partial charge < -0.3 is 10.0 Å². The third kappa shape index (κ3) is 4.93. The largest absolute Gasteiger partial charge is 0.505 e. The van der Waals surface area contributed by atoms with Gasteiger partial charge in [-0.15, -0.1) is 23.2 Å². The van der Waals surface area contributed by atoms with Gasteiger partial charge in [-0.05, 0) is 85.0 Å². The van der Waals surface area contributed by atoms with Gasteiger partial charge in [0, 0.05) is 25.7 Å². The summed E-state index contributed by atoms with van der Waals surface area (Å²) >= 11 is 17.5. The predicted molar refractivity (Wildman–Crippen MR) is 185 cm³/mol. The van der Waals surface area contributed by atoms with E-state index < -0.39 is 68.6 Å². The van der Waals surface area contributed by atoms with Crippen molar-refractivity contribution in [2.24, 2.45) is 28.0 Å². The van der Waals surface area contributed by atoms with E-state index in [-0.39, 0.29) is 23.9 Å². The van der Waals surface area contributed by atoms with Crippen LogP contribution in [0.5, 0.6) is 5.75 Å². The van der Waals surface area contributed by atoms with E-state index >= 15 is 0 Å². The fraction of sp³-hybridized carbons (Fsp3) is 0.314. The van der Waals surface area contributed by atoms with E-state index in [1.165, 1.54) is 6.07 Å². The fourth-order valence-electron chi connectivity index (χ4n) is 7.69. The summed E-state index contributed by atoms with van der Waals surface area (Å²) in [6, 6.07) is 17.7. The Morgan fingerprint density at radius 2 is 1.55 bits per heavy atom. The Morgan fingerprint density at radius 3 is 2.14 bits per heavy atom. The lowest BCUT2D eigenvalue weighted by Crippen LogP contribution is -2.60. The number of nitrogens with zero attached hydrogens (tertiary/aromatic N) is 5. The number of imide groups is 2. The molecule has 2 aliphatic carbocycles. The molecule has 6 atom stereocenters. The summed E-state index contributed by atoms with van der Waals surface area (Å²) in [5.74, 6) is -7.54. The maximum absolute atomic E-state index is 14.8. The van der Waals surface area contributed by atoms with Crippen molar-refractivity contribution in [3.8, 4) is 5.75 Å². The lowest BCUT2D eigenvalue weighted by Gasteiger charge is -2.50. The van der Waals surface area contributed by atoms with Crippen LogP contribution >= 0.6 is 39.1 Å². The van der Waals surface area contributed by atoms with Gasteiger partial charge in [-0.25, -0.2) is 4.39 Å². The smallest absolute Gasteiger partial charge is 0.254 e. The minimum Gasteiger partial charge on any atom is -0.505 e. The molecule has 0 spiro atoms. The van der Waals surface area contributed by atoms with Crippen LogP contribution in [0.3, 0.4) is 0 Å². The van der Waals surface area contributed by atoms with Gasteiger partial charge in [0.05, 0.1) is 34.4 Å². The number of allylic oxidation sites excluding steroid dienone is 2. The molecule has 0 aromatic heterocycles. The monoisotopic (exact) mass is 767 g/mol. The minimum atomic E-state index is -2.07. The van der Waals surface area contributed by atoms with Gasteiger partial charge in [-0.2, -0.15) is 10.2 Å². The Kier molecular flexibility index (Phi) is 8.19. The van der Waals surface area contributed by atoms with E-state index in [4.69, 9.17) is 23.2 Å². The zero-order chi connectivity index (χ0) is 35.0. The molecule has 0 radical (unpaired) electrons. The average molecular weight is 769 g/mol. The van der Waals surface area contributed by atoms with Crippen LogP contribution in [-0.4, -0.2) is 62.9 Å². The first-order valence-electron chi connectivity index (χ1n) is 15.5.